The fourth-order valence-corrected chi connectivity index (χ4v) is 5.09. The maximum Gasteiger partial charge on any atom is 0.410 e. The van der Waals surface area contributed by atoms with Crippen molar-refractivity contribution >= 4 is 40.3 Å². The van der Waals surface area contributed by atoms with E-state index < -0.39 is 5.60 Å². The smallest absolute Gasteiger partial charge is 0.410 e. The zero-order chi connectivity index (χ0) is 20.3. The van der Waals surface area contributed by atoms with Gasteiger partial charge in [-0.25, -0.2) is 4.79 Å². The van der Waals surface area contributed by atoms with Crippen molar-refractivity contribution in [3.63, 3.8) is 0 Å². The largest absolute Gasteiger partial charge is 0.444 e. The van der Waals surface area contributed by atoms with Gasteiger partial charge in [0, 0.05) is 25.3 Å². The quantitative estimate of drug-likeness (QED) is 0.686. The zero-order valence-corrected chi connectivity index (χ0v) is 18.4. The summed E-state index contributed by atoms with van der Waals surface area (Å²) >= 11 is 7.04. The van der Waals surface area contributed by atoms with Gasteiger partial charge < -0.3 is 9.64 Å². The Morgan fingerprint density at radius 2 is 1.96 bits per heavy atom. The lowest BCUT2D eigenvalue weighted by Crippen LogP contribution is -2.41. The van der Waals surface area contributed by atoms with Crippen LogP contribution in [0.25, 0.3) is 0 Å². The van der Waals surface area contributed by atoms with Crippen molar-refractivity contribution in [2.45, 2.75) is 51.7 Å². The van der Waals surface area contributed by atoms with Crippen LogP contribution in [0.1, 0.15) is 39.2 Å². The molecule has 0 radical (unpaired) electrons. The summed E-state index contributed by atoms with van der Waals surface area (Å²) in [6.07, 6.45) is 1.76. The minimum absolute atomic E-state index is 0.0759. The molecule has 0 aliphatic carbocycles. The first-order chi connectivity index (χ1) is 13.2. The number of amides is 2. The molecule has 28 heavy (non-hydrogen) atoms. The van der Waals surface area contributed by atoms with E-state index in [2.05, 4.69) is 12.1 Å². The molecule has 2 amide bonds. The molecule has 0 N–H and O–H groups in total. The lowest BCUT2D eigenvalue weighted by Gasteiger charge is -2.26. The van der Waals surface area contributed by atoms with Crippen LogP contribution in [0, 0.1) is 5.92 Å². The van der Waals surface area contributed by atoms with Crippen LogP contribution >= 0.6 is 24.0 Å². The Balaban J connectivity index is 1.56. The Labute approximate surface area is 176 Å². The van der Waals surface area contributed by atoms with Crippen molar-refractivity contribution in [2.24, 2.45) is 5.92 Å². The Morgan fingerprint density at radius 1 is 1.25 bits per heavy atom. The van der Waals surface area contributed by atoms with E-state index in [9.17, 15) is 9.59 Å². The van der Waals surface area contributed by atoms with Crippen molar-refractivity contribution in [1.29, 1.82) is 0 Å². The van der Waals surface area contributed by atoms with Gasteiger partial charge in [0.15, 0.2) is 0 Å². The minimum Gasteiger partial charge on any atom is -0.444 e. The lowest BCUT2D eigenvalue weighted by molar-refractivity contribution is -0.129. The van der Waals surface area contributed by atoms with Gasteiger partial charge in [0.1, 0.15) is 9.92 Å². The molecule has 0 bridgehead atoms. The van der Waals surface area contributed by atoms with Crippen LogP contribution < -0.4 is 0 Å². The Hall–Kier alpha value is -1.60. The second-order valence-corrected chi connectivity index (χ2v) is 10.1. The van der Waals surface area contributed by atoms with Crippen molar-refractivity contribution in [3.8, 4) is 0 Å². The van der Waals surface area contributed by atoms with Crippen LogP contribution in [0.3, 0.4) is 0 Å². The highest BCUT2D eigenvalue weighted by molar-refractivity contribution is 8.23. The first-order valence-electron chi connectivity index (χ1n) is 9.73. The van der Waals surface area contributed by atoms with E-state index in [1.807, 2.05) is 43.9 Å². The standard InChI is InChI=1S/C21H28N2O3S2/c1-21(2,3)26-19(25)22-10-9-16(13-22)12-18(24)23-17(14-28-20(23)27)11-15-7-5-4-6-8-15/h4-8,16-17H,9-14H2,1-3H3/t16-,17+/m1/s1. The third kappa shape index (κ3) is 5.47. The molecule has 0 unspecified atom stereocenters. The molecular weight excluding hydrogens is 392 g/mol. The van der Waals surface area contributed by atoms with Crippen LogP contribution in [-0.4, -0.2) is 56.6 Å². The highest BCUT2D eigenvalue weighted by Gasteiger charge is 2.37. The molecule has 2 heterocycles. The van der Waals surface area contributed by atoms with E-state index >= 15 is 0 Å². The van der Waals surface area contributed by atoms with E-state index in [4.69, 9.17) is 17.0 Å². The molecule has 152 valence electrons. The van der Waals surface area contributed by atoms with Gasteiger partial charge in [-0.15, -0.1) is 0 Å². The number of hydrogen-bond acceptors (Lipinski definition) is 5. The number of ether oxygens (including phenoxy) is 1. The summed E-state index contributed by atoms with van der Waals surface area (Å²) in [6, 6.07) is 10.3. The van der Waals surface area contributed by atoms with E-state index in [-0.39, 0.29) is 24.0 Å². The van der Waals surface area contributed by atoms with Gasteiger partial charge in [-0.05, 0) is 45.1 Å². The van der Waals surface area contributed by atoms with E-state index in [0.717, 1.165) is 18.6 Å². The van der Waals surface area contributed by atoms with Gasteiger partial charge in [-0.3, -0.25) is 9.69 Å². The second-order valence-electron chi connectivity index (χ2n) is 8.47. The molecule has 0 spiro atoms. The summed E-state index contributed by atoms with van der Waals surface area (Å²) in [6.45, 7) is 6.79. The first-order valence-corrected chi connectivity index (χ1v) is 11.1. The molecule has 0 saturated carbocycles. The Kier molecular flexibility index (Phi) is 6.65. The van der Waals surface area contributed by atoms with E-state index in [0.29, 0.717) is 23.8 Å². The highest BCUT2D eigenvalue weighted by Crippen LogP contribution is 2.30. The van der Waals surface area contributed by atoms with Crippen molar-refractivity contribution in [1.82, 2.24) is 9.80 Å². The first kappa shape index (κ1) is 21.1. The molecule has 1 aromatic rings. The summed E-state index contributed by atoms with van der Waals surface area (Å²) in [4.78, 5) is 28.8. The zero-order valence-electron chi connectivity index (χ0n) is 16.7. The lowest BCUT2D eigenvalue weighted by atomic mass is 10.0. The van der Waals surface area contributed by atoms with E-state index in [1.165, 1.54) is 5.56 Å². The van der Waals surface area contributed by atoms with Gasteiger partial charge in [-0.2, -0.15) is 0 Å². The number of likely N-dealkylation sites (tertiary alicyclic amines) is 1. The molecule has 7 heteroatoms. The number of hydrogen-bond donors (Lipinski definition) is 0. The molecule has 2 aliphatic heterocycles. The summed E-state index contributed by atoms with van der Waals surface area (Å²) < 4.78 is 6.12. The fraction of sp³-hybridized carbons (Fsp3) is 0.571. The van der Waals surface area contributed by atoms with E-state index in [1.54, 1.807) is 16.7 Å². The molecule has 5 nitrogen and oxygen atoms in total. The SMILES string of the molecule is CC(C)(C)OC(=O)N1CC[C@H](CC(=O)N2C(=S)SC[C@@H]2Cc2ccccc2)C1. The van der Waals surface area contributed by atoms with Crippen molar-refractivity contribution in [3.05, 3.63) is 35.9 Å². The van der Waals surface area contributed by atoms with Gasteiger partial charge in [0.2, 0.25) is 5.91 Å². The van der Waals surface area contributed by atoms with Crippen LogP contribution in [0.15, 0.2) is 30.3 Å². The maximum absolute atomic E-state index is 13.0. The molecule has 0 aromatic heterocycles. The van der Waals surface area contributed by atoms with Gasteiger partial charge in [-0.1, -0.05) is 54.3 Å². The monoisotopic (exact) mass is 420 g/mol. The summed E-state index contributed by atoms with van der Waals surface area (Å²) in [7, 11) is 0. The van der Waals surface area contributed by atoms with Crippen LogP contribution in [0.2, 0.25) is 0 Å². The van der Waals surface area contributed by atoms with Crippen molar-refractivity contribution in [2.75, 3.05) is 18.8 Å². The fourth-order valence-electron chi connectivity index (χ4n) is 3.64. The van der Waals surface area contributed by atoms with Gasteiger partial charge in [0.25, 0.3) is 0 Å². The molecular formula is C21H28N2O3S2. The Bertz CT molecular complexity index is 733. The van der Waals surface area contributed by atoms with Crippen LogP contribution in [0.4, 0.5) is 4.79 Å². The number of rotatable bonds is 4. The average Bonchev–Trinajstić information content (AvgIpc) is 3.21. The topological polar surface area (TPSA) is 49.9 Å². The number of nitrogens with zero attached hydrogens (tertiary/aromatic N) is 2. The average molecular weight is 421 g/mol. The van der Waals surface area contributed by atoms with Crippen molar-refractivity contribution < 1.29 is 14.3 Å². The summed E-state index contributed by atoms with van der Waals surface area (Å²) in [5.74, 6) is 1.08. The van der Waals surface area contributed by atoms with Crippen LogP contribution in [0.5, 0.6) is 0 Å². The molecule has 2 saturated heterocycles. The maximum atomic E-state index is 13.0. The molecule has 2 fully saturated rings. The number of thiocarbonyl (C=S) groups is 1. The predicted molar refractivity (Wildman–Crippen MR) is 116 cm³/mol. The molecule has 3 rings (SSSR count). The Morgan fingerprint density at radius 3 is 2.64 bits per heavy atom. The third-order valence-corrected chi connectivity index (χ3v) is 6.49. The third-order valence-electron chi connectivity index (χ3n) is 4.94. The molecule has 2 atom stereocenters. The number of thioether (sulfide) groups is 1. The number of carbonyl (C=O) groups is 2. The van der Waals surface area contributed by atoms with Crippen LogP contribution in [-0.2, 0) is 16.0 Å². The molecule has 1 aromatic carbocycles. The number of benzene rings is 1. The minimum atomic E-state index is -0.505. The normalized spacial score (nSPS) is 22.6. The summed E-state index contributed by atoms with van der Waals surface area (Å²) in [5.41, 5.74) is 0.710. The predicted octanol–water partition coefficient (Wildman–Crippen LogP) is 4.11. The second kappa shape index (κ2) is 8.82. The number of carbonyl (C=O) groups excluding carboxylic acids is 2. The highest BCUT2D eigenvalue weighted by atomic mass is 32.2. The summed E-state index contributed by atoms with van der Waals surface area (Å²) in [5, 5.41) is 0. The molecule has 2 aliphatic rings. The van der Waals surface area contributed by atoms with Gasteiger partial charge >= 0.3 is 6.09 Å². The van der Waals surface area contributed by atoms with Gasteiger partial charge in [0.05, 0.1) is 6.04 Å².